The number of hydrogen-bond acceptors (Lipinski definition) is 2. The summed E-state index contributed by atoms with van der Waals surface area (Å²) in [5.74, 6) is 0. The Balaban J connectivity index is 1.84. The number of aromatic nitrogens is 2. The van der Waals surface area contributed by atoms with Gasteiger partial charge in [0.15, 0.2) is 0 Å². The van der Waals surface area contributed by atoms with E-state index in [1.54, 1.807) is 0 Å². The summed E-state index contributed by atoms with van der Waals surface area (Å²) in [5.41, 5.74) is 2.65. The predicted molar refractivity (Wildman–Crippen MR) is 69.8 cm³/mol. The Morgan fingerprint density at radius 3 is 2.76 bits per heavy atom. The van der Waals surface area contributed by atoms with E-state index < -0.39 is 0 Å². The van der Waals surface area contributed by atoms with Crippen LogP contribution in [-0.4, -0.2) is 16.8 Å². The maximum absolute atomic E-state index is 4.34. The third-order valence-corrected chi connectivity index (χ3v) is 2.84. The fraction of sp³-hybridized carbons (Fsp3) is 0.357. The monoisotopic (exact) mass is 229 g/mol. The van der Waals surface area contributed by atoms with Gasteiger partial charge in [-0.25, -0.2) is 0 Å². The van der Waals surface area contributed by atoms with Gasteiger partial charge >= 0.3 is 0 Å². The van der Waals surface area contributed by atoms with Gasteiger partial charge < -0.3 is 5.32 Å². The molecule has 0 aliphatic rings. The van der Waals surface area contributed by atoms with Crippen molar-refractivity contribution < 1.29 is 0 Å². The van der Waals surface area contributed by atoms with E-state index in [0.717, 1.165) is 25.9 Å². The molecule has 0 aliphatic carbocycles. The van der Waals surface area contributed by atoms with E-state index in [2.05, 4.69) is 51.5 Å². The van der Waals surface area contributed by atoms with Gasteiger partial charge in [-0.15, -0.1) is 0 Å². The van der Waals surface area contributed by atoms with Crippen LogP contribution in [0.4, 0.5) is 0 Å². The van der Waals surface area contributed by atoms with E-state index in [-0.39, 0.29) is 0 Å². The van der Waals surface area contributed by atoms with E-state index in [4.69, 9.17) is 0 Å². The lowest BCUT2D eigenvalue weighted by molar-refractivity contribution is 0.545. The van der Waals surface area contributed by atoms with Gasteiger partial charge in [0.25, 0.3) is 0 Å². The van der Waals surface area contributed by atoms with Crippen LogP contribution in [0.1, 0.15) is 17.7 Å². The average molecular weight is 229 g/mol. The van der Waals surface area contributed by atoms with Crippen molar-refractivity contribution in [3.63, 3.8) is 0 Å². The first kappa shape index (κ1) is 11.9. The van der Waals surface area contributed by atoms with Gasteiger partial charge in [0.2, 0.25) is 0 Å². The molecule has 1 N–H and O–H groups in total. The van der Waals surface area contributed by atoms with Crippen LogP contribution in [0.25, 0.3) is 0 Å². The molecular formula is C14H19N3. The first-order chi connectivity index (χ1) is 8.40. The number of nitrogens with zero attached hydrogens (tertiary/aromatic N) is 2. The van der Waals surface area contributed by atoms with Crippen molar-refractivity contribution in [3.05, 3.63) is 53.9 Å². The van der Waals surface area contributed by atoms with E-state index in [1.165, 1.54) is 11.3 Å². The number of aryl methyl sites for hydroxylation is 2. The molecule has 90 valence electrons. The summed E-state index contributed by atoms with van der Waals surface area (Å²) in [4.78, 5) is 0. The highest BCUT2D eigenvalue weighted by molar-refractivity contribution is 5.14. The molecule has 0 aliphatic heterocycles. The van der Waals surface area contributed by atoms with Crippen molar-refractivity contribution in [1.82, 2.24) is 15.1 Å². The molecule has 3 heteroatoms. The van der Waals surface area contributed by atoms with E-state index in [1.807, 2.05) is 13.2 Å². The first-order valence-corrected chi connectivity index (χ1v) is 6.09. The van der Waals surface area contributed by atoms with Crippen molar-refractivity contribution in [2.45, 2.75) is 25.9 Å². The zero-order valence-corrected chi connectivity index (χ0v) is 10.3. The van der Waals surface area contributed by atoms with Crippen molar-refractivity contribution in [2.24, 2.45) is 0 Å². The Hall–Kier alpha value is -1.61. The number of rotatable bonds is 6. The normalized spacial score (nSPS) is 10.6. The maximum Gasteiger partial charge on any atom is 0.0521 e. The lowest BCUT2D eigenvalue weighted by Crippen LogP contribution is -2.12. The largest absolute Gasteiger partial charge is 0.314 e. The third-order valence-electron chi connectivity index (χ3n) is 2.84. The second-order valence-electron chi connectivity index (χ2n) is 4.17. The SMILES string of the molecule is CNCc1ccnn1CCCc1ccccc1. The highest BCUT2D eigenvalue weighted by atomic mass is 15.3. The van der Waals surface area contributed by atoms with E-state index in [9.17, 15) is 0 Å². The Kier molecular flexibility index (Phi) is 4.33. The molecule has 0 atom stereocenters. The molecule has 1 aromatic heterocycles. The van der Waals surface area contributed by atoms with Gasteiger partial charge in [0.1, 0.15) is 0 Å². The Labute approximate surface area is 102 Å². The zero-order chi connectivity index (χ0) is 11.9. The fourth-order valence-electron chi connectivity index (χ4n) is 1.97. The smallest absolute Gasteiger partial charge is 0.0521 e. The molecule has 1 aromatic carbocycles. The van der Waals surface area contributed by atoms with Crippen LogP contribution < -0.4 is 5.32 Å². The topological polar surface area (TPSA) is 29.9 Å². The predicted octanol–water partition coefficient (Wildman–Crippen LogP) is 2.24. The number of hydrogen-bond donors (Lipinski definition) is 1. The number of benzene rings is 1. The summed E-state index contributed by atoms with van der Waals surface area (Å²) in [6.07, 6.45) is 4.11. The quantitative estimate of drug-likeness (QED) is 0.823. The molecule has 2 aromatic rings. The van der Waals surface area contributed by atoms with Crippen molar-refractivity contribution in [3.8, 4) is 0 Å². The molecule has 1 heterocycles. The molecular weight excluding hydrogens is 210 g/mol. The third kappa shape index (κ3) is 3.43. The Morgan fingerprint density at radius 1 is 1.18 bits per heavy atom. The number of nitrogens with one attached hydrogen (secondary N) is 1. The lowest BCUT2D eigenvalue weighted by atomic mass is 10.1. The minimum absolute atomic E-state index is 0.880. The van der Waals surface area contributed by atoms with E-state index in [0.29, 0.717) is 0 Å². The van der Waals surface area contributed by atoms with Gasteiger partial charge in [-0.3, -0.25) is 4.68 Å². The molecule has 0 radical (unpaired) electrons. The second kappa shape index (κ2) is 6.21. The Bertz CT molecular complexity index is 434. The molecule has 3 nitrogen and oxygen atoms in total. The van der Waals surface area contributed by atoms with Gasteiger partial charge in [-0.2, -0.15) is 5.10 Å². The lowest BCUT2D eigenvalue weighted by Gasteiger charge is -2.07. The fourth-order valence-corrected chi connectivity index (χ4v) is 1.97. The molecule has 2 rings (SSSR count). The van der Waals surface area contributed by atoms with Crippen LogP contribution in [0.2, 0.25) is 0 Å². The Morgan fingerprint density at radius 2 is 2.00 bits per heavy atom. The summed E-state index contributed by atoms with van der Waals surface area (Å²) in [6, 6.07) is 12.7. The highest BCUT2D eigenvalue weighted by Gasteiger charge is 2.00. The van der Waals surface area contributed by atoms with Crippen LogP contribution >= 0.6 is 0 Å². The van der Waals surface area contributed by atoms with Crippen molar-refractivity contribution >= 4 is 0 Å². The molecule has 0 saturated heterocycles. The molecule has 0 spiro atoms. The van der Waals surface area contributed by atoms with Crippen LogP contribution in [0, 0.1) is 0 Å². The van der Waals surface area contributed by atoms with Crippen molar-refractivity contribution in [1.29, 1.82) is 0 Å². The van der Waals surface area contributed by atoms with E-state index >= 15 is 0 Å². The minimum Gasteiger partial charge on any atom is -0.314 e. The summed E-state index contributed by atoms with van der Waals surface area (Å²) in [5, 5.41) is 7.50. The van der Waals surface area contributed by atoms with Crippen LogP contribution in [-0.2, 0) is 19.5 Å². The van der Waals surface area contributed by atoms with Gasteiger partial charge in [0.05, 0.1) is 5.69 Å². The average Bonchev–Trinajstić information content (AvgIpc) is 2.79. The molecule has 0 fully saturated rings. The first-order valence-electron chi connectivity index (χ1n) is 6.09. The van der Waals surface area contributed by atoms with Crippen LogP contribution in [0.15, 0.2) is 42.6 Å². The standard InChI is InChI=1S/C14H19N3/c1-15-12-14-9-10-16-17(14)11-5-8-13-6-3-2-4-7-13/h2-4,6-7,9-10,15H,5,8,11-12H2,1H3. The summed E-state index contributed by atoms with van der Waals surface area (Å²) in [6.45, 7) is 1.87. The summed E-state index contributed by atoms with van der Waals surface area (Å²) < 4.78 is 2.08. The highest BCUT2D eigenvalue weighted by Crippen LogP contribution is 2.05. The summed E-state index contributed by atoms with van der Waals surface area (Å²) >= 11 is 0. The van der Waals surface area contributed by atoms with Crippen molar-refractivity contribution in [2.75, 3.05) is 7.05 Å². The molecule has 0 bridgehead atoms. The summed E-state index contributed by atoms with van der Waals surface area (Å²) in [7, 11) is 1.96. The maximum atomic E-state index is 4.34. The minimum atomic E-state index is 0.880. The van der Waals surface area contributed by atoms with Crippen LogP contribution in [0.5, 0.6) is 0 Å². The second-order valence-corrected chi connectivity index (χ2v) is 4.17. The van der Waals surface area contributed by atoms with Gasteiger partial charge in [-0.1, -0.05) is 30.3 Å². The molecule has 17 heavy (non-hydrogen) atoms. The zero-order valence-electron chi connectivity index (χ0n) is 10.3. The molecule has 0 unspecified atom stereocenters. The molecule has 0 amide bonds. The van der Waals surface area contributed by atoms with Gasteiger partial charge in [0, 0.05) is 19.3 Å². The van der Waals surface area contributed by atoms with Crippen LogP contribution in [0.3, 0.4) is 0 Å². The van der Waals surface area contributed by atoms with Gasteiger partial charge in [-0.05, 0) is 31.5 Å². The molecule has 0 saturated carbocycles.